The molecule has 5 nitrogen and oxygen atoms in total. The van der Waals surface area contributed by atoms with Crippen LogP contribution in [0.2, 0.25) is 0 Å². The summed E-state index contributed by atoms with van der Waals surface area (Å²) in [7, 11) is 0. The van der Waals surface area contributed by atoms with Gasteiger partial charge in [-0.15, -0.1) is 5.10 Å². The summed E-state index contributed by atoms with van der Waals surface area (Å²) < 4.78 is 2.00. The Labute approximate surface area is 120 Å². The van der Waals surface area contributed by atoms with E-state index in [-0.39, 0.29) is 6.04 Å². The normalized spacial score (nSPS) is 12.5. The van der Waals surface area contributed by atoms with E-state index in [1.54, 1.807) is 6.20 Å². The minimum atomic E-state index is 0.237. The van der Waals surface area contributed by atoms with Crippen molar-refractivity contribution in [3.63, 3.8) is 0 Å². The highest BCUT2D eigenvalue weighted by Gasteiger charge is 2.16. The van der Waals surface area contributed by atoms with Crippen LogP contribution in [0.5, 0.6) is 0 Å². The standard InChI is InChI=1S/C15H23N5/c1-3-7-17-14(10-13-6-5-8-16-11-13)15-12-18-19-20(15)9-4-2/h5-6,8,11-12,14,17H,3-4,7,9-10H2,1-2H3. The molecule has 108 valence electrons. The van der Waals surface area contributed by atoms with Gasteiger partial charge in [0, 0.05) is 18.9 Å². The molecule has 2 aromatic heterocycles. The van der Waals surface area contributed by atoms with Crippen molar-refractivity contribution in [2.45, 2.75) is 45.7 Å². The van der Waals surface area contributed by atoms with Gasteiger partial charge >= 0.3 is 0 Å². The SMILES string of the molecule is CCCNC(Cc1cccnc1)c1cnnn1CCC. The molecule has 2 aromatic rings. The molecule has 1 atom stereocenters. The summed E-state index contributed by atoms with van der Waals surface area (Å²) in [4.78, 5) is 4.19. The zero-order valence-electron chi connectivity index (χ0n) is 12.3. The lowest BCUT2D eigenvalue weighted by Gasteiger charge is -2.19. The number of hydrogen-bond acceptors (Lipinski definition) is 4. The minimum absolute atomic E-state index is 0.237. The highest BCUT2D eigenvalue weighted by Crippen LogP contribution is 2.17. The number of nitrogens with zero attached hydrogens (tertiary/aromatic N) is 4. The topological polar surface area (TPSA) is 55.6 Å². The Morgan fingerprint density at radius 3 is 2.85 bits per heavy atom. The van der Waals surface area contributed by atoms with Crippen LogP contribution in [0.15, 0.2) is 30.7 Å². The summed E-state index contributed by atoms with van der Waals surface area (Å²) in [6.07, 6.45) is 8.68. The van der Waals surface area contributed by atoms with Crippen molar-refractivity contribution < 1.29 is 0 Å². The second-order valence-electron chi connectivity index (χ2n) is 4.95. The smallest absolute Gasteiger partial charge is 0.0759 e. The maximum atomic E-state index is 4.19. The maximum Gasteiger partial charge on any atom is 0.0759 e. The molecule has 5 heteroatoms. The quantitative estimate of drug-likeness (QED) is 0.802. The fourth-order valence-corrected chi connectivity index (χ4v) is 2.28. The van der Waals surface area contributed by atoms with Gasteiger partial charge in [0.05, 0.1) is 17.9 Å². The molecule has 2 heterocycles. The third-order valence-corrected chi connectivity index (χ3v) is 3.24. The molecule has 0 aliphatic rings. The van der Waals surface area contributed by atoms with E-state index >= 15 is 0 Å². The summed E-state index contributed by atoms with van der Waals surface area (Å²) in [5.41, 5.74) is 2.38. The molecular weight excluding hydrogens is 250 g/mol. The first-order valence-corrected chi connectivity index (χ1v) is 7.35. The summed E-state index contributed by atoms with van der Waals surface area (Å²) in [5.74, 6) is 0. The Balaban J connectivity index is 2.16. The highest BCUT2D eigenvalue weighted by atomic mass is 15.4. The number of aromatic nitrogens is 4. The Kier molecular flexibility index (Phi) is 5.68. The van der Waals surface area contributed by atoms with Crippen LogP contribution in [0.1, 0.15) is 44.0 Å². The van der Waals surface area contributed by atoms with Crippen LogP contribution in [0.25, 0.3) is 0 Å². The van der Waals surface area contributed by atoms with Crippen LogP contribution < -0.4 is 5.32 Å². The van der Waals surface area contributed by atoms with E-state index in [9.17, 15) is 0 Å². The lowest BCUT2D eigenvalue weighted by atomic mass is 10.0. The van der Waals surface area contributed by atoms with Crippen molar-refractivity contribution >= 4 is 0 Å². The van der Waals surface area contributed by atoms with Crippen LogP contribution in [-0.4, -0.2) is 26.5 Å². The Morgan fingerprint density at radius 1 is 1.25 bits per heavy atom. The molecule has 0 bridgehead atoms. The van der Waals surface area contributed by atoms with E-state index in [4.69, 9.17) is 0 Å². The molecule has 0 amide bonds. The lowest BCUT2D eigenvalue weighted by Crippen LogP contribution is -2.26. The van der Waals surface area contributed by atoms with Gasteiger partial charge in [-0.3, -0.25) is 4.98 Å². The van der Waals surface area contributed by atoms with Gasteiger partial charge in [-0.05, 0) is 37.4 Å². The third kappa shape index (κ3) is 3.87. The Bertz CT molecular complexity index is 494. The summed E-state index contributed by atoms with van der Waals surface area (Å²) in [5, 5.41) is 11.8. The van der Waals surface area contributed by atoms with Crippen molar-refractivity contribution in [3.05, 3.63) is 42.0 Å². The molecule has 1 unspecified atom stereocenters. The fraction of sp³-hybridized carbons (Fsp3) is 0.533. The first-order valence-electron chi connectivity index (χ1n) is 7.35. The van der Waals surface area contributed by atoms with Crippen LogP contribution in [0.3, 0.4) is 0 Å². The van der Waals surface area contributed by atoms with E-state index in [0.29, 0.717) is 0 Å². The number of nitrogens with one attached hydrogen (secondary N) is 1. The molecule has 0 saturated heterocycles. The molecular formula is C15H23N5. The monoisotopic (exact) mass is 273 g/mol. The zero-order valence-corrected chi connectivity index (χ0v) is 12.3. The van der Waals surface area contributed by atoms with Crippen molar-refractivity contribution in [2.75, 3.05) is 6.54 Å². The average molecular weight is 273 g/mol. The molecule has 1 N–H and O–H groups in total. The third-order valence-electron chi connectivity index (χ3n) is 3.24. The highest BCUT2D eigenvalue weighted by molar-refractivity contribution is 5.14. The summed E-state index contributed by atoms with van der Waals surface area (Å²) in [6, 6.07) is 4.33. The molecule has 20 heavy (non-hydrogen) atoms. The zero-order chi connectivity index (χ0) is 14.2. The second-order valence-corrected chi connectivity index (χ2v) is 4.95. The van der Waals surface area contributed by atoms with E-state index in [1.807, 2.05) is 23.1 Å². The van der Waals surface area contributed by atoms with Gasteiger partial charge in [-0.25, -0.2) is 4.68 Å². The molecule has 0 aliphatic heterocycles. The molecule has 0 saturated carbocycles. The molecule has 0 aromatic carbocycles. The van der Waals surface area contributed by atoms with Crippen molar-refractivity contribution in [3.8, 4) is 0 Å². The van der Waals surface area contributed by atoms with Crippen molar-refractivity contribution in [1.29, 1.82) is 0 Å². The maximum absolute atomic E-state index is 4.19. The first kappa shape index (κ1) is 14.7. The Hall–Kier alpha value is -1.75. The van der Waals surface area contributed by atoms with E-state index in [2.05, 4.69) is 40.5 Å². The fourth-order valence-electron chi connectivity index (χ4n) is 2.28. The van der Waals surface area contributed by atoms with Gasteiger partial charge in [-0.2, -0.15) is 0 Å². The predicted molar refractivity (Wildman–Crippen MR) is 79.3 cm³/mol. The van der Waals surface area contributed by atoms with Crippen LogP contribution in [-0.2, 0) is 13.0 Å². The number of hydrogen-bond donors (Lipinski definition) is 1. The van der Waals surface area contributed by atoms with Gasteiger partial charge in [-0.1, -0.05) is 25.1 Å². The number of rotatable bonds is 8. The molecule has 0 aliphatic carbocycles. The van der Waals surface area contributed by atoms with Gasteiger partial charge < -0.3 is 5.32 Å². The first-order chi connectivity index (χ1) is 9.85. The molecule has 2 rings (SSSR count). The second kappa shape index (κ2) is 7.75. The van der Waals surface area contributed by atoms with Crippen LogP contribution >= 0.6 is 0 Å². The number of pyridine rings is 1. The summed E-state index contributed by atoms with van der Waals surface area (Å²) in [6.45, 7) is 6.23. The predicted octanol–water partition coefficient (Wildman–Crippen LogP) is 2.37. The average Bonchev–Trinajstić information content (AvgIpc) is 2.93. The molecule has 0 fully saturated rings. The van der Waals surface area contributed by atoms with Gasteiger partial charge in [0.1, 0.15) is 0 Å². The Morgan fingerprint density at radius 2 is 2.15 bits per heavy atom. The number of aryl methyl sites for hydroxylation is 1. The van der Waals surface area contributed by atoms with Crippen LogP contribution in [0.4, 0.5) is 0 Å². The minimum Gasteiger partial charge on any atom is -0.308 e. The van der Waals surface area contributed by atoms with E-state index in [1.165, 1.54) is 5.56 Å². The lowest BCUT2D eigenvalue weighted by molar-refractivity contribution is 0.464. The van der Waals surface area contributed by atoms with Crippen molar-refractivity contribution in [2.24, 2.45) is 0 Å². The van der Waals surface area contributed by atoms with E-state index in [0.717, 1.165) is 38.0 Å². The largest absolute Gasteiger partial charge is 0.308 e. The summed E-state index contributed by atoms with van der Waals surface area (Å²) >= 11 is 0. The van der Waals surface area contributed by atoms with Gasteiger partial charge in [0.2, 0.25) is 0 Å². The van der Waals surface area contributed by atoms with Crippen LogP contribution in [0, 0.1) is 0 Å². The molecule has 0 radical (unpaired) electrons. The molecule has 0 spiro atoms. The van der Waals surface area contributed by atoms with Gasteiger partial charge in [0.15, 0.2) is 0 Å². The van der Waals surface area contributed by atoms with E-state index < -0.39 is 0 Å². The van der Waals surface area contributed by atoms with Crippen molar-refractivity contribution in [1.82, 2.24) is 25.3 Å². The van der Waals surface area contributed by atoms with Gasteiger partial charge in [0.25, 0.3) is 0 Å².